The van der Waals surface area contributed by atoms with E-state index >= 15 is 0 Å². The van der Waals surface area contributed by atoms with Crippen LogP contribution < -0.4 is 5.32 Å². The lowest BCUT2D eigenvalue weighted by molar-refractivity contribution is -0.131. The van der Waals surface area contributed by atoms with Gasteiger partial charge < -0.3 is 14.8 Å². The first kappa shape index (κ1) is 22.1. The number of carbonyl (C=O) groups excluding carboxylic acids is 2. The number of nitrogens with zero attached hydrogens (tertiary/aromatic N) is 3. The summed E-state index contributed by atoms with van der Waals surface area (Å²) in [5.41, 5.74) is 2.92. The van der Waals surface area contributed by atoms with Gasteiger partial charge in [-0.1, -0.05) is 61.7 Å². The van der Waals surface area contributed by atoms with Crippen LogP contribution in [0.15, 0.2) is 54.6 Å². The average molecular weight is 433 g/mol. The molecule has 0 unspecified atom stereocenters. The van der Waals surface area contributed by atoms with Crippen LogP contribution in [0, 0.1) is 5.92 Å². The molecule has 6 heteroatoms. The molecule has 1 fully saturated rings. The molecule has 0 aliphatic heterocycles. The predicted octanol–water partition coefficient (Wildman–Crippen LogP) is 3.93. The molecule has 0 bridgehead atoms. The second-order valence-electron chi connectivity index (χ2n) is 8.71. The van der Waals surface area contributed by atoms with Crippen LogP contribution >= 0.6 is 0 Å². The predicted molar refractivity (Wildman–Crippen MR) is 126 cm³/mol. The number of imidazole rings is 1. The first-order chi connectivity index (χ1) is 15.6. The van der Waals surface area contributed by atoms with Gasteiger partial charge in [0.15, 0.2) is 0 Å². The van der Waals surface area contributed by atoms with Gasteiger partial charge in [-0.15, -0.1) is 0 Å². The molecule has 0 saturated heterocycles. The molecule has 0 radical (unpaired) electrons. The molecule has 1 N–H and O–H groups in total. The molecule has 1 aliphatic carbocycles. The number of fused-ring (bicyclic) bond motifs is 1. The molecule has 1 aromatic heterocycles. The highest BCUT2D eigenvalue weighted by Crippen LogP contribution is 2.23. The fraction of sp³-hybridized carbons (Fsp3) is 0.423. The number of hydrogen-bond donors (Lipinski definition) is 1. The summed E-state index contributed by atoms with van der Waals surface area (Å²) in [7, 11) is 1.83. The van der Waals surface area contributed by atoms with Crippen molar-refractivity contribution in [2.45, 2.75) is 51.6 Å². The molecule has 2 amide bonds. The van der Waals surface area contributed by atoms with Crippen molar-refractivity contribution in [3.63, 3.8) is 0 Å². The summed E-state index contributed by atoms with van der Waals surface area (Å²) in [6.07, 6.45) is 6.11. The zero-order valence-electron chi connectivity index (χ0n) is 18.8. The first-order valence-corrected chi connectivity index (χ1v) is 11.6. The van der Waals surface area contributed by atoms with Crippen LogP contribution in [0.3, 0.4) is 0 Å². The number of para-hydroxylation sites is 2. The summed E-state index contributed by atoms with van der Waals surface area (Å²) < 4.78 is 1.99. The molecule has 6 nitrogen and oxygen atoms in total. The normalized spacial score (nSPS) is 14.4. The first-order valence-electron chi connectivity index (χ1n) is 11.6. The molecule has 0 atom stereocenters. The minimum absolute atomic E-state index is 0.0319. The monoisotopic (exact) mass is 432 g/mol. The van der Waals surface area contributed by atoms with Gasteiger partial charge in [-0.3, -0.25) is 9.59 Å². The number of benzene rings is 2. The highest BCUT2D eigenvalue weighted by atomic mass is 16.2. The molecular weight excluding hydrogens is 400 g/mol. The third kappa shape index (κ3) is 5.36. The van der Waals surface area contributed by atoms with Crippen molar-refractivity contribution in [1.82, 2.24) is 19.8 Å². The molecule has 32 heavy (non-hydrogen) atoms. The maximum atomic E-state index is 13.0. The fourth-order valence-corrected chi connectivity index (χ4v) is 4.50. The Labute approximate surface area is 189 Å². The van der Waals surface area contributed by atoms with Crippen molar-refractivity contribution < 1.29 is 9.59 Å². The van der Waals surface area contributed by atoms with Crippen LogP contribution in [-0.2, 0) is 29.1 Å². The van der Waals surface area contributed by atoms with Gasteiger partial charge >= 0.3 is 0 Å². The van der Waals surface area contributed by atoms with E-state index in [0.717, 1.165) is 48.1 Å². The summed E-state index contributed by atoms with van der Waals surface area (Å²) in [6, 6.07) is 17.9. The van der Waals surface area contributed by atoms with E-state index < -0.39 is 0 Å². The number of amides is 2. The van der Waals surface area contributed by atoms with E-state index in [1.807, 2.05) is 66.2 Å². The van der Waals surface area contributed by atoms with E-state index in [1.54, 1.807) is 4.90 Å². The lowest BCUT2D eigenvalue weighted by atomic mass is 9.89. The maximum absolute atomic E-state index is 13.0. The van der Waals surface area contributed by atoms with Gasteiger partial charge in [0.05, 0.1) is 11.0 Å². The van der Waals surface area contributed by atoms with Crippen molar-refractivity contribution in [2.75, 3.05) is 13.6 Å². The molecular formula is C26H32N4O2. The maximum Gasteiger partial charge on any atom is 0.242 e. The van der Waals surface area contributed by atoms with Gasteiger partial charge in [-0.2, -0.15) is 0 Å². The highest BCUT2D eigenvalue weighted by molar-refractivity contribution is 5.81. The molecule has 3 aromatic rings. The summed E-state index contributed by atoms with van der Waals surface area (Å²) in [4.78, 5) is 32.0. The summed E-state index contributed by atoms with van der Waals surface area (Å²) in [6.45, 7) is 1.33. The van der Waals surface area contributed by atoms with Gasteiger partial charge in [0.2, 0.25) is 11.8 Å². The van der Waals surface area contributed by atoms with Crippen molar-refractivity contribution in [2.24, 2.45) is 5.92 Å². The highest BCUT2D eigenvalue weighted by Gasteiger charge is 2.21. The molecule has 168 valence electrons. The minimum Gasteiger partial charge on any atom is -0.355 e. The lowest BCUT2D eigenvalue weighted by Crippen LogP contribution is -2.34. The van der Waals surface area contributed by atoms with Crippen molar-refractivity contribution in [3.8, 4) is 0 Å². The largest absolute Gasteiger partial charge is 0.355 e. The minimum atomic E-state index is 0.0319. The Morgan fingerprint density at radius 2 is 1.75 bits per heavy atom. The van der Waals surface area contributed by atoms with E-state index in [2.05, 4.69) is 5.32 Å². The fourth-order valence-electron chi connectivity index (χ4n) is 4.50. The number of aromatic nitrogens is 2. The van der Waals surface area contributed by atoms with Gasteiger partial charge in [-0.05, 0) is 30.5 Å². The van der Waals surface area contributed by atoms with Crippen LogP contribution in [0.2, 0.25) is 0 Å². The van der Waals surface area contributed by atoms with Crippen LogP contribution in [0.4, 0.5) is 0 Å². The van der Waals surface area contributed by atoms with E-state index in [1.165, 1.54) is 6.42 Å². The Morgan fingerprint density at radius 3 is 2.53 bits per heavy atom. The molecule has 2 aromatic carbocycles. The lowest BCUT2D eigenvalue weighted by Gasteiger charge is -2.21. The Balaban J connectivity index is 1.42. The topological polar surface area (TPSA) is 67.2 Å². The van der Waals surface area contributed by atoms with E-state index in [9.17, 15) is 9.59 Å². The van der Waals surface area contributed by atoms with Crippen LogP contribution in [0.1, 0.15) is 43.5 Å². The molecule has 1 aliphatic rings. The standard InChI is InChI=1S/C26H32N4O2/c1-29(18-20-10-4-2-5-11-20)25(31)19-30-23-15-9-8-14-22(23)28-24(30)16-17-27-26(32)21-12-6-3-7-13-21/h2,4-5,8-11,14-15,21H,3,6-7,12-13,16-19H2,1H3,(H,27,32). The smallest absolute Gasteiger partial charge is 0.242 e. The zero-order valence-corrected chi connectivity index (χ0v) is 18.8. The van der Waals surface area contributed by atoms with Crippen LogP contribution in [0.25, 0.3) is 11.0 Å². The molecule has 4 rings (SSSR count). The summed E-state index contributed by atoms with van der Waals surface area (Å²) >= 11 is 0. The summed E-state index contributed by atoms with van der Waals surface area (Å²) in [5, 5.41) is 3.09. The summed E-state index contributed by atoms with van der Waals surface area (Å²) in [5.74, 6) is 1.17. The molecule has 1 heterocycles. The van der Waals surface area contributed by atoms with E-state index in [0.29, 0.717) is 19.5 Å². The van der Waals surface area contributed by atoms with Gasteiger partial charge in [-0.25, -0.2) is 4.98 Å². The third-order valence-electron chi connectivity index (χ3n) is 6.34. The van der Waals surface area contributed by atoms with Gasteiger partial charge in [0.25, 0.3) is 0 Å². The number of carbonyl (C=O) groups is 2. The number of nitrogens with one attached hydrogen (secondary N) is 1. The third-order valence-corrected chi connectivity index (χ3v) is 6.34. The Bertz CT molecular complexity index is 1050. The van der Waals surface area contributed by atoms with Crippen molar-refractivity contribution >= 4 is 22.8 Å². The van der Waals surface area contributed by atoms with E-state index in [4.69, 9.17) is 4.98 Å². The number of rotatable bonds is 8. The number of likely N-dealkylation sites (N-methyl/N-ethyl adjacent to an activating group) is 1. The second-order valence-corrected chi connectivity index (χ2v) is 8.71. The Morgan fingerprint density at radius 1 is 1.03 bits per heavy atom. The zero-order chi connectivity index (χ0) is 22.3. The van der Waals surface area contributed by atoms with Crippen molar-refractivity contribution in [1.29, 1.82) is 0 Å². The van der Waals surface area contributed by atoms with Gasteiger partial charge in [0, 0.05) is 32.5 Å². The molecule has 0 spiro atoms. The SMILES string of the molecule is CN(Cc1ccccc1)C(=O)Cn1c(CCNC(=O)C2CCCCC2)nc2ccccc21. The second kappa shape index (κ2) is 10.4. The molecule has 1 saturated carbocycles. The Hall–Kier alpha value is -3.15. The van der Waals surface area contributed by atoms with Crippen LogP contribution in [-0.4, -0.2) is 39.9 Å². The van der Waals surface area contributed by atoms with Crippen molar-refractivity contribution in [3.05, 3.63) is 66.0 Å². The van der Waals surface area contributed by atoms with Gasteiger partial charge in [0.1, 0.15) is 12.4 Å². The quantitative estimate of drug-likeness (QED) is 0.586. The van der Waals surface area contributed by atoms with Crippen LogP contribution in [0.5, 0.6) is 0 Å². The number of hydrogen-bond acceptors (Lipinski definition) is 3. The van der Waals surface area contributed by atoms with E-state index in [-0.39, 0.29) is 24.3 Å². The average Bonchev–Trinajstić information content (AvgIpc) is 3.17. The Kier molecular flexibility index (Phi) is 7.20.